The number of aliphatic hydroxyl groups excluding tert-OH is 1. The molecule has 1 heterocycles. The molecule has 2 rings (SSSR count). The summed E-state index contributed by atoms with van der Waals surface area (Å²) in [7, 11) is 1.50. The van der Waals surface area contributed by atoms with Crippen molar-refractivity contribution in [1.29, 1.82) is 0 Å². The van der Waals surface area contributed by atoms with Crippen molar-refractivity contribution in [3.8, 4) is 0 Å². The molecule has 0 spiro atoms. The molecule has 1 aliphatic heterocycles. The first-order valence-corrected chi connectivity index (χ1v) is 17.0. The van der Waals surface area contributed by atoms with Gasteiger partial charge in [0, 0.05) is 20.0 Å². The van der Waals surface area contributed by atoms with Crippen LogP contribution in [0, 0.1) is 11.8 Å². The minimum Gasteiger partial charge on any atom is -0.429 e. The fourth-order valence-corrected chi connectivity index (χ4v) is 5.92. The fraction of sp³-hybridized carbons (Fsp3) is 0.758. The Balaban J connectivity index is 2.63. The molecule has 7 N–H and O–H groups in total. The molecule has 2 aliphatic rings. The maximum absolute atomic E-state index is 14.0. The zero-order valence-electron chi connectivity index (χ0n) is 28.9. The number of carbonyl (C=O) groups excluding carboxylic acids is 6. The van der Waals surface area contributed by atoms with Gasteiger partial charge in [-0.25, -0.2) is 4.79 Å². The molecular formula is C33H56N6O8. The van der Waals surface area contributed by atoms with Crippen LogP contribution in [0.5, 0.6) is 0 Å². The Labute approximate surface area is 278 Å². The SMILES string of the molecule is CCCC1C(=O)NC(C2CCCCCC2)C(=O)NC(CN)C(=O)NC(C(C)O)C(=O)NCC(=O)O/C(CC(C)CC)=C(/C)C(=O)N1C. The highest BCUT2D eigenvalue weighted by molar-refractivity contribution is 5.99. The minimum absolute atomic E-state index is 0.0426. The van der Waals surface area contributed by atoms with Crippen molar-refractivity contribution in [3.63, 3.8) is 0 Å². The average Bonchev–Trinajstić information content (AvgIpc) is 3.33. The lowest BCUT2D eigenvalue weighted by Crippen LogP contribution is -2.62. The van der Waals surface area contributed by atoms with Crippen LogP contribution in [0.25, 0.3) is 0 Å². The standard InChI is InChI=1S/C33H56N6O8/c1-7-13-24-30(43)38-28(22-14-11-9-10-12-15-22)32(45)36-23(17-34)29(42)37-27(21(5)40)31(44)35-18-26(41)47-25(16-19(3)8-2)20(4)33(46)39(24)6/h19,21-24,27-28,40H,7-18,34H2,1-6H3,(H,35,44)(H,36,45)(H,37,42)(H,38,43)/b25-20-. The molecule has 47 heavy (non-hydrogen) atoms. The van der Waals surface area contributed by atoms with Crippen molar-refractivity contribution in [3.05, 3.63) is 11.3 Å². The Hall–Kier alpha value is -3.52. The number of cyclic esters (lactones) is 1. The molecule has 1 aliphatic carbocycles. The first-order valence-electron chi connectivity index (χ1n) is 17.0. The van der Waals surface area contributed by atoms with E-state index in [0.717, 1.165) is 32.1 Å². The van der Waals surface area contributed by atoms with E-state index < -0.39 is 72.3 Å². The molecule has 0 aromatic rings. The van der Waals surface area contributed by atoms with E-state index in [4.69, 9.17) is 10.5 Å². The van der Waals surface area contributed by atoms with Crippen molar-refractivity contribution in [2.75, 3.05) is 20.1 Å². The number of nitrogens with one attached hydrogen (secondary N) is 4. The summed E-state index contributed by atoms with van der Waals surface area (Å²) in [5.74, 6) is -4.26. The molecule has 1 saturated carbocycles. The number of nitrogens with two attached hydrogens (primary N) is 1. The van der Waals surface area contributed by atoms with Gasteiger partial charge in [0.05, 0.1) is 11.7 Å². The first-order chi connectivity index (χ1) is 22.2. The van der Waals surface area contributed by atoms with Gasteiger partial charge < -0.3 is 41.7 Å². The number of aliphatic hydroxyl groups is 1. The highest BCUT2D eigenvalue weighted by atomic mass is 16.5. The Morgan fingerprint density at radius 2 is 1.55 bits per heavy atom. The summed E-state index contributed by atoms with van der Waals surface area (Å²) in [5, 5.41) is 20.7. The maximum Gasteiger partial charge on any atom is 0.330 e. The minimum atomic E-state index is -1.48. The molecule has 6 atom stereocenters. The van der Waals surface area contributed by atoms with E-state index in [1.165, 1.54) is 25.8 Å². The van der Waals surface area contributed by atoms with Crippen LogP contribution < -0.4 is 27.0 Å². The highest BCUT2D eigenvalue weighted by Crippen LogP contribution is 2.27. The third kappa shape index (κ3) is 11.6. The number of hydrogen-bond donors (Lipinski definition) is 6. The van der Waals surface area contributed by atoms with Crippen molar-refractivity contribution in [2.45, 2.75) is 129 Å². The molecule has 6 unspecified atom stereocenters. The Kier molecular flexibility index (Phi) is 16.3. The number of amides is 5. The molecule has 0 saturated heterocycles. The topological polar surface area (TPSA) is 209 Å². The number of hydrogen-bond acceptors (Lipinski definition) is 9. The van der Waals surface area contributed by atoms with Crippen LogP contribution in [-0.4, -0.2) is 95.9 Å². The van der Waals surface area contributed by atoms with Gasteiger partial charge in [0.1, 0.15) is 36.5 Å². The zero-order valence-corrected chi connectivity index (χ0v) is 28.9. The van der Waals surface area contributed by atoms with Gasteiger partial charge in [0.15, 0.2) is 0 Å². The number of rotatable bonds is 8. The van der Waals surface area contributed by atoms with E-state index >= 15 is 0 Å². The summed E-state index contributed by atoms with van der Waals surface area (Å²) in [4.78, 5) is 82.1. The normalized spacial score (nSPS) is 28.4. The Bertz CT molecular complexity index is 1150. The third-order valence-corrected chi connectivity index (χ3v) is 9.15. The second-order valence-corrected chi connectivity index (χ2v) is 12.9. The van der Waals surface area contributed by atoms with Crippen LogP contribution in [0.4, 0.5) is 0 Å². The van der Waals surface area contributed by atoms with E-state index in [9.17, 15) is 33.9 Å². The molecule has 0 bridgehead atoms. The molecule has 5 amide bonds. The first kappa shape index (κ1) is 39.7. The molecule has 14 nitrogen and oxygen atoms in total. The Morgan fingerprint density at radius 1 is 0.915 bits per heavy atom. The molecular weight excluding hydrogens is 608 g/mol. The van der Waals surface area contributed by atoms with Crippen molar-refractivity contribution >= 4 is 35.5 Å². The second-order valence-electron chi connectivity index (χ2n) is 12.9. The van der Waals surface area contributed by atoms with Gasteiger partial charge in [-0.3, -0.25) is 24.0 Å². The van der Waals surface area contributed by atoms with E-state index in [1.54, 1.807) is 0 Å². The van der Waals surface area contributed by atoms with E-state index in [1.807, 2.05) is 20.8 Å². The van der Waals surface area contributed by atoms with Crippen molar-refractivity contribution in [2.24, 2.45) is 17.6 Å². The van der Waals surface area contributed by atoms with Crippen LogP contribution >= 0.6 is 0 Å². The van der Waals surface area contributed by atoms with E-state index in [0.29, 0.717) is 25.7 Å². The molecule has 1 fully saturated rings. The largest absolute Gasteiger partial charge is 0.429 e. The van der Waals surface area contributed by atoms with Gasteiger partial charge in [-0.2, -0.15) is 0 Å². The number of allylic oxidation sites excluding steroid dienone is 1. The number of esters is 1. The molecule has 14 heteroatoms. The monoisotopic (exact) mass is 664 g/mol. The van der Waals surface area contributed by atoms with E-state index in [-0.39, 0.29) is 36.1 Å². The number of nitrogens with zero attached hydrogens (tertiary/aromatic N) is 1. The fourth-order valence-electron chi connectivity index (χ4n) is 5.92. The summed E-state index contributed by atoms with van der Waals surface area (Å²) in [6, 6.07) is -4.73. The number of ether oxygens (including phenoxy) is 1. The third-order valence-electron chi connectivity index (χ3n) is 9.15. The molecule has 0 aromatic carbocycles. The van der Waals surface area contributed by atoms with Crippen LogP contribution in [0.1, 0.15) is 98.8 Å². The van der Waals surface area contributed by atoms with Crippen LogP contribution in [-0.2, 0) is 33.5 Å². The molecule has 266 valence electrons. The number of likely N-dealkylation sites (N-methyl/N-ethyl adjacent to an activating group) is 1. The lowest BCUT2D eigenvalue weighted by molar-refractivity contribution is -0.142. The average molecular weight is 665 g/mol. The van der Waals surface area contributed by atoms with Gasteiger partial charge in [0.25, 0.3) is 5.91 Å². The lowest BCUT2D eigenvalue weighted by atomic mass is 9.90. The Morgan fingerprint density at radius 3 is 2.11 bits per heavy atom. The van der Waals surface area contributed by atoms with Crippen LogP contribution in [0.15, 0.2) is 11.3 Å². The smallest absolute Gasteiger partial charge is 0.330 e. The summed E-state index contributed by atoms with van der Waals surface area (Å²) < 4.78 is 5.62. The quantitative estimate of drug-likeness (QED) is 0.160. The van der Waals surface area contributed by atoms with Crippen molar-refractivity contribution < 1.29 is 38.6 Å². The summed E-state index contributed by atoms with van der Waals surface area (Å²) >= 11 is 0. The van der Waals surface area contributed by atoms with Crippen LogP contribution in [0.3, 0.4) is 0 Å². The van der Waals surface area contributed by atoms with Crippen LogP contribution in [0.2, 0.25) is 0 Å². The highest BCUT2D eigenvalue weighted by Gasteiger charge is 2.37. The van der Waals surface area contributed by atoms with E-state index in [2.05, 4.69) is 21.3 Å². The van der Waals surface area contributed by atoms with Gasteiger partial charge in [-0.05, 0) is 44.9 Å². The zero-order chi connectivity index (χ0) is 35.3. The van der Waals surface area contributed by atoms with Gasteiger partial charge in [-0.1, -0.05) is 59.3 Å². The predicted molar refractivity (Wildman–Crippen MR) is 175 cm³/mol. The maximum atomic E-state index is 14.0. The molecule has 0 radical (unpaired) electrons. The summed E-state index contributed by atoms with van der Waals surface area (Å²) in [6.45, 7) is 7.66. The summed E-state index contributed by atoms with van der Waals surface area (Å²) in [5.41, 5.74) is 6.01. The molecule has 0 aromatic heterocycles. The van der Waals surface area contributed by atoms with Gasteiger partial charge in [-0.15, -0.1) is 0 Å². The van der Waals surface area contributed by atoms with Gasteiger partial charge in [0.2, 0.25) is 23.6 Å². The summed E-state index contributed by atoms with van der Waals surface area (Å²) in [6.07, 6.45) is 5.59. The van der Waals surface area contributed by atoms with Gasteiger partial charge >= 0.3 is 5.97 Å². The predicted octanol–water partition coefficient (Wildman–Crippen LogP) is 0.761. The van der Waals surface area contributed by atoms with Crippen molar-refractivity contribution in [1.82, 2.24) is 26.2 Å². The number of carbonyl (C=O) groups is 6. The lowest BCUT2D eigenvalue weighted by Gasteiger charge is -2.32. The second kappa shape index (κ2) is 19.3.